The van der Waals surface area contributed by atoms with E-state index in [4.69, 9.17) is 0 Å². The maximum atomic E-state index is 10.8. The summed E-state index contributed by atoms with van der Waals surface area (Å²) < 4.78 is 6.65. The van der Waals surface area contributed by atoms with E-state index < -0.39 is 0 Å². The second-order valence-electron chi connectivity index (χ2n) is 3.53. The van der Waals surface area contributed by atoms with Crippen LogP contribution >= 0.6 is 0 Å². The molecule has 1 N–H and O–H groups in total. The number of hydrogen-bond acceptors (Lipinski definition) is 4. The number of rotatable bonds is 7. The third-order valence-corrected chi connectivity index (χ3v) is 2.41. The first-order valence-corrected chi connectivity index (χ1v) is 5.54. The van der Waals surface area contributed by atoms with Crippen LogP contribution in [0, 0.1) is 0 Å². The lowest BCUT2D eigenvalue weighted by atomic mass is 10.3. The summed E-state index contributed by atoms with van der Waals surface area (Å²) in [6.45, 7) is 4.61. The minimum absolute atomic E-state index is 0.152. The topological polar surface area (TPSA) is 56.2 Å². The standard InChI is InChI=1S/C11H19N3O2/c1-3-14-9-13-8-10(14)7-12-6-4-5-11(15)16-2/h8-9,12H,3-7H2,1-2H3. The van der Waals surface area contributed by atoms with Crippen LogP contribution in [0.3, 0.4) is 0 Å². The summed E-state index contributed by atoms with van der Waals surface area (Å²) in [7, 11) is 1.41. The Labute approximate surface area is 95.8 Å². The van der Waals surface area contributed by atoms with Gasteiger partial charge in [0.05, 0.1) is 19.1 Å². The van der Waals surface area contributed by atoms with Crippen molar-refractivity contribution in [1.29, 1.82) is 0 Å². The number of nitrogens with one attached hydrogen (secondary N) is 1. The molecule has 0 saturated carbocycles. The Morgan fingerprint density at radius 2 is 2.44 bits per heavy atom. The van der Waals surface area contributed by atoms with E-state index in [0.29, 0.717) is 6.42 Å². The quantitative estimate of drug-likeness (QED) is 0.554. The number of imidazole rings is 1. The number of aryl methyl sites for hydroxylation is 1. The molecule has 0 spiro atoms. The number of esters is 1. The molecule has 0 radical (unpaired) electrons. The van der Waals surface area contributed by atoms with E-state index in [0.717, 1.165) is 26.1 Å². The SMILES string of the molecule is CCn1cncc1CNCCCC(=O)OC. The number of nitrogens with zero attached hydrogens (tertiary/aromatic N) is 2. The Morgan fingerprint density at radius 1 is 1.62 bits per heavy atom. The first-order chi connectivity index (χ1) is 7.77. The molecule has 0 unspecified atom stereocenters. The third-order valence-electron chi connectivity index (χ3n) is 2.41. The van der Waals surface area contributed by atoms with Gasteiger partial charge in [0, 0.05) is 25.7 Å². The number of ether oxygens (including phenoxy) is 1. The minimum atomic E-state index is -0.152. The zero-order chi connectivity index (χ0) is 11.8. The molecule has 0 aromatic carbocycles. The minimum Gasteiger partial charge on any atom is -0.469 e. The summed E-state index contributed by atoms with van der Waals surface area (Å²) in [4.78, 5) is 14.9. The van der Waals surface area contributed by atoms with Crippen LogP contribution in [0.1, 0.15) is 25.5 Å². The molecule has 5 nitrogen and oxygen atoms in total. The zero-order valence-corrected chi connectivity index (χ0v) is 9.90. The van der Waals surface area contributed by atoms with Gasteiger partial charge in [-0.15, -0.1) is 0 Å². The normalized spacial score (nSPS) is 10.4. The van der Waals surface area contributed by atoms with Gasteiger partial charge in [-0.05, 0) is 19.9 Å². The maximum Gasteiger partial charge on any atom is 0.305 e. The highest BCUT2D eigenvalue weighted by Crippen LogP contribution is 1.98. The van der Waals surface area contributed by atoms with E-state index >= 15 is 0 Å². The highest BCUT2D eigenvalue weighted by molar-refractivity contribution is 5.69. The molecule has 90 valence electrons. The Balaban J connectivity index is 2.14. The van der Waals surface area contributed by atoms with Gasteiger partial charge in [0.1, 0.15) is 0 Å². The highest BCUT2D eigenvalue weighted by atomic mass is 16.5. The Morgan fingerprint density at radius 3 is 3.12 bits per heavy atom. The number of aromatic nitrogens is 2. The molecule has 0 aliphatic carbocycles. The number of methoxy groups -OCH3 is 1. The van der Waals surface area contributed by atoms with E-state index in [1.807, 2.05) is 12.5 Å². The molecule has 0 atom stereocenters. The molecular weight excluding hydrogens is 206 g/mol. The third kappa shape index (κ3) is 4.02. The zero-order valence-electron chi connectivity index (χ0n) is 9.90. The van der Waals surface area contributed by atoms with Crippen molar-refractivity contribution >= 4 is 5.97 Å². The van der Waals surface area contributed by atoms with Crippen molar-refractivity contribution in [2.24, 2.45) is 0 Å². The van der Waals surface area contributed by atoms with Crippen LogP contribution in [0.4, 0.5) is 0 Å². The Kier molecular flexibility index (Phi) is 5.56. The van der Waals surface area contributed by atoms with Crippen LogP contribution in [0.25, 0.3) is 0 Å². The van der Waals surface area contributed by atoms with Gasteiger partial charge >= 0.3 is 5.97 Å². The van der Waals surface area contributed by atoms with Crippen LogP contribution in [-0.2, 0) is 22.6 Å². The van der Waals surface area contributed by atoms with E-state index in [9.17, 15) is 4.79 Å². The van der Waals surface area contributed by atoms with Gasteiger partial charge < -0.3 is 14.6 Å². The largest absolute Gasteiger partial charge is 0.469 e. The lowest BCUT2D eigenvalue weighted by molar-refractivity contribution is -0.140. The molecule has 0 aliphatic rings. The van der Waals surface area contributed by atoms with Crippen molar-refractivity contribution in [2.45, 2.75) is 32.9 Å². The molecule has 0 fully saturated rings. The van der Waals surface area contributed by atoms with Crippen LogP contribution in [0.15, 0.2) is 12.5 Å². The average molecular weight is 225 g/mol. The van der Waals surface area contributed by atoms with Gasteiger partial charge in [-0.1, -0.05) is 0 Å². The van der Waals surface area contributed by atoms with Gasteiger partial charge in [-0.25, -0.2) is 4.98 Å². The summed E-state index contributed by atoms with van der Waals surface area (Å²) in [5, 5.41) is 3.27. The molecular formula is C11H19N3O2. The van der Waals surface area contributed by atoms with Crippen molar-refractivity contribution in [3.05, 3.63) is 18.2 Å². The van der Waals surface area contributed by atoms with E-state index in [1.165, 1.54) is 12.8 Å². The van der Waals surface area contributed by atoms with Crippen LogP contribution in [0.5, 0.6) is 0 Å². The van der Waals surface area contributed by atoms with Crippen molar-refractivity contribution in [1.82, 2.24) is 14.9 Å². The first-order valence-electron chi connectivity index (χ1n) is 5.54. The van der Waals surface area contributed by atoms with Gasteiger partial charge in [0.15, 0.2) is 0 Å². The second kappa shape index (κ2) is 7.00. The molecule has 1 heterocycles. The molecule has 1 aromatic rings. The molecule has 16 heavy (non-hydrogen) atoms. The van der Waals surface area contributed by atoms with E-state index in [2.05, 4.69) is 26.5 Å². The molecule has 0 aliphatic heterocycles. The van der Waals surface area contributed by atoms with E-state index in [1.54, 1.807) is 0 Å². The first kappa shape index (κ1) is 12.7. The summed E-state index contributed by atoms with van der Waals surface area (Å²) in [6, 6.07) is 0. The predicted molar refractivity (Wildman–Crippen MR) is 60.9 cm³/mol. The van der Waals surface area contributed by atoms with Gasteiger partial charge in [-0.3, -0.25) is 4.79 Å². The summed E-state index contributed by atoms with van der Waals surface area (Å²) in [6.07, 6.45) is 4.95. The Hall–Kier alpha value is -1.36. The molecule has 1 rings (SSSR count). The summed E-state index contributed by atoms with van der Waals surface area (Å²) in [5.41, 5.74) is 1.17. The molecule has 5 heteroatoms. The smallest absolute Gasteiger partial charge is 0.305 e. The average Bonchev–Trinajstić information content (AvgIpc) is 2.75. The van der Waals surface area contributed by atoms with Gasteiger partial charge in [0.25, 0.3) is 0 Å². The number of hydrogen-bond donors (Lipinski definition) is 1. The highest BCUT2D eigenvalue weighted by Gasteiger charge is 2.01. The fraction of sp³-hybridized carbons (Fsp3) is 0.636. The van der Waals surface area contributed by atoms with Gasteiger partial charge in [-0.2, -0.15) is 0 Å². The number of carbonyl (C=O) groups is 1. The molecule has 0 amide bonds. The molecule has 0 saturated heterocycles. The Bertz CT molecular complexity index is 323. The summed E-state index contributed by atoms with van der Waals surface area (Å²) >= 11 is 0. The van der Waals surface area contributed by atoms with Crippen molar-refractivity contribution in [3.63, 3.8) is 0 Å². The van der Waals surface area contributed by atoms with Crippen LogP contribution in [-0.4, -0.2) is 29.2 Å². The molecule has 1 aromatic heterocycles. The van der Waals surface area contributed by atoms with E-state index in [-0.39, 0.29) is 5.97 Å². The van der Waals surface area contributed by atoms with Crippen molar-refractivity contribution in [2.75, 3.05) is 13.7 Å². The lowest BCUT2D eigenvalue weighted by Gasteiger charge is -2.06. The fourth-order valence-electron chi connectivity index (χ4n) is 1.46. The number of carbonyl (C=O) groups excluding carboxylic acids is 1. The summed E-state index contributed by atoms with van der Waals surface area (Å²) in [5.74, 6) is -0.152. The van der Waals surface area contributed by atoms with Crippen LogP contribution in [0.2, 0.25) is 0 Å². The lowest BCUT2D eigenvalue weighted by Crippen LogP contribution is -2.18. The second-order valence-corrected chi connectivity index (χ2v) is 3.53. The van der Waals surface area contributed by atoms with Crippen molar-refractivity contribution in [3.8, 4) is 0 Å². The fourth-order valence-corrected chi connectivity index (χ4v) is 1.46. The maximum absolute atomic E-state index is 10.8. The van der Waals surface area contributed by atoms with Crippen LogP contribution < -0.4 is 5.32 Å². The van der Waals surface area contributed by atoms with Crippen molar-refractivity contribution < 1.29 is 9.53 Å². The monoisotopic (exact) mass is 225 g/mol. The van der Waals surface area contributed by atoms with Gasteiger partial charge in [0.2, 0.25) is 0 Å². The molecule has 0 bridgehead atoms. The predicted octanol–water partition coefficient (Wildman–Crippen LogP) is 0.946.